The molecule has 0 radical (unpaired) electrons. The highest BCUT2D eigenvalue weighted by Gasteiger charge is 2.39. The molecule has 0 fully saturated rings. The standard InChI is InChI=1S/C10H10F3NO4.ClH/c11-6-2-4(9(17)18)1-5(7(6)16)8(14)10(12,13)3-15;/h1-2,8,15-16H,3,14H2,(H,17,18);1H/t8-;/m0./s1. The quantitative estimate of drug-likeness (QED) is 0.670. The van der Waals surface area contributed by atoms with Crippen LogP contribution in [0.5, 0.6) is 5.75 Å². The number of rotatable bonds is 4. The molecule has 0 spiro atoms. The predicted octanol–water partition coefficient (Wildman–Crippen LogP) is 1.28. The number of hydrogen-bond acceptors (Lipinski definition) is 4. The van der Waals surface area contributed by atoms with E-state index in [2.05, 4.69) is 0 Å². The maximum absolute atomic E-state index is 13.2. The van der Waals surface area contributed by atoms with Crippen LogP contribution in [0.25, 0.3) is 0 Å². The maximum atomic E-state index is 13.2. The smallest absolute Gasteiger partial charge is 0.335 e. The van der Waals surface area contributed by atoms with Crippen molar-refractivity contribution in [3.8, 4) is 5.75 Å². The highest BCUT2D eigenvalue weighted by atomic mass is 35.5. The van der Waals surface area contributed by atoms with Gasteiger partial charge in [0, 0.05) is 5.56 Å². The average Bonchev–Trinajstić information content (AvgIpc) is 2.31. The van der Waals surface area contributed by atoms with E-state index in [1.807, 2.05) is 0 Å². The third-order valence-electron chi connectivity index (χ3n) is 2.34. The van der Waals surface area contributed by atoms with Crippen molar-refractivity contribution in [2.45, 2.75) is 12.0 Å². The van der Waals surface area contributed by atoms with Gasteiger partial charge in [-0.25, -0.2) is 18.0 Å². The van der Waals surface area contributed by atoms with Crippen LogP contribution < -0.4 is 5.73 Å². The van der Waals surface area contributed by atoms with Crippen molar-refractivity contribution in [3.63, 3.8) is 0 Å². The lowest BCUT2D eigenvalue weighted by Crippen LogP contribution is -2.36. The summed E-state index contributed by atoms with van der Waals surface area (Å²) < 4.78 is 39.4. The van der Waals surface area contributed by atoms with Crippen LogP contribution in [0.2, 0.25) is 0 Å². The number of phenolic OH excluding ortho intramolecular Hbond substituents is 1. The number of aliphatic hydroxyl groups is 1. The second kappa shape index (κ2) is 6.09. The highest BCUT2D eigenvalue weighted by Crippen LogP contribution is 2.35. The first-order valence-corrected chi connectivity index (χ1v) is 4.70. The fraction of sp³-hybridized carbons (Fsp3) is 0.300. The molecular weight excluding hydrogens is 291 g/mol. The lowest BCUT2D eigenvalue weighted by atomic mass is 9.98. The molecule has 1 rings (SSSR count). The Morgan fingerprint density at radius 1 is 1.42 bits per heavy atom. The van der Waals surface area contributed by atoms with Crippen LogP contribution in [0.3, 0.4) is 0 Å². The number of phenols is 1. The van der Waals surface area contributed by atoms with Crippen LogP contribution in [0.4, 0.5) is 13.2 Å². The van der Waals surface area contributed by atoms with Gasteiger partial charge in [0.1, 0.15) is 12.6 Å². The molecule has 0 aliphatic carbocycles. The van der Waals surface area contributed by atoms with Crippen molar-refractivity contribution in [1.29, 1.82) is 0 Å². The Balaban J connectivity index is 0.00000324. The van der Waals surface area contributed by atoms with Crippen molar-refractivity contribution < 1.29 is 33.3 Å². The SMILES string of the molecule is Cl.N[C@@H](c1cc(C(=O)O)cc(F)c1O)C(F)(F)CO. The highest BCUT2D eigenvalue weighted by molar-refractivity contribution is 5.88. The van der Waals surface area contributed by atoms with Gasteiger partial charge in [-0.2, -0.15) is 0 Å². The molecule has 0 aromatic heterocycles. The zero-order valence-electron chi connectivity index (χ0n) is 9.31. The predicted molar refractivity (Wildman–Crippen MR) is 61.2 cm³/mol. The number of alkyl halides is 2. The number of halogens is 4. The fourth-order valence-corrected chi connectivity index (χ4v) is 1.31. The number of carboxylic acid groups (broad SMARTS) is 1. The topological polar surface area (TPSA) is 104 Å². The van der Waals surface area contributed by atoms with E-state index < -0.39 is 47.2 Å². The van der Waals surface area contributed by atoms with Gasteiger partial charge in [0.05, 0.1) is 5.56 Å². The zero-order valence-corrected chi connectivity index (χ0v) is 10.1. The van der Waals surface area contributed by atoms with Crippen LogP contribution in [0.15, 0.2) is 12.1 Å². The van der Waals surface area contributed by atoms with Crippen LogP contribution >= 0.6 is 12.4 Å². The van der Waals surface area contributed by atoms with Gasteiger partial charge in [-0.1, -0.05) is 0 Å². The molecule has 0 amide bonds. The van der Waals surface area contributed by atoms with E-state index in [0.29, 0.717) is 12.1 Å². The third kappa shape index (κ3) is 3.49. The van der Waals surface area contributed by atoms with Crippen molar-refractivity contribution in [2.75, 3.05) is 6.61 Å². The molecule has 1 aromatic carbocycles. The summed E-state index contributed by atoms with van der Waals surface area (Å²) in [6.07, 6.45) is 0. The number of aromatic carboxylic acids is 1. The molecule has 0 aliphatic heterocycles. The average molecular weight is 302 g/mol. The van der Waals surface area contributed by atoms with Gasteiger partial charge in [0.2, 0.25) is 0 Å². The molecule has 0 heterocycles. The van der Waals surface area contributed by atoms with Crippen LogP contribution in [0, 0.1) is 5.82 Å². The number of carboxylic acids is 1. The Hall–Kier alpha value is -1.51. The number of carbonyl (C=O) groups is 1. The van der Waals surface area contributed by atoms with Gasteiger partial charge in [-0.05, 0) is 12.1 Å². The fourth-order valence-electron chi connectivity index (χ4n) is 1.31. The van der Waals surface area contributed by atoms with Crippen LogP contribution in [-0.2, 0) is 0 Å². The molecule has 0 aliphatic rings. The van der Waals surface area contributed by atoms with E-state index in [1.165, 1.54) is 0 Å². The lowest BCUT2D eigenvalue weighted by Gasteiger charge is -2.22. The van der Waals surface area contributed by atoms with Gasteiger partial charge in [0.25, 0.3) is 5.92 Å². The largest absolute Gasteiger partial charge is 0.505 e. The minimum absolute atomic E-state index is 0. The number of benzene rings is 1. The van der Waals surface area contributed by atoms with E-state index in [-0.39, 0.29) is 12.4 Å². The number of nitrogens with two attached hydrogens (primary N) is 1. The Kier molecular flexibility index (Phi) is 5.61. The maximum Gasteiger partial charge on any atom is 0.335 e. The molecule has 5 N–H and O–H groups in total. The first kappa shape index (κ1) is 17.5. The summed E-state index contributed by atoms with van der Waals surface area (Å²) in [6.45, 7) is -1.62. The molecule has 1 atom stereocenters. The van der Waals surface area contributed by atoms with Crippen molar-refractivity contribution >= 4 is 18.4 Å². The van der Waals surface area contributed by atoms with Crippen molar-refractivity contribution in [2.24, 2.45) is 5.73 Å². The number of aliphatic hydroxyl groups excluding tert-OH is 1. The van der Waals surface area contributed by atoms with Gasteiger partial charge in [0.15, 0.2) is 11.6 Å². The molecular formula is C10H11ClF3NO4. The number of hydrogen-bond donors (Lipinski definition) is 4. The summed E-state index contributed by atoms with van der Waals surface area (Å²) in [4.78, 5) is 10.6. The van der Waals surface area contributed by atoms with Gasteiger partial charge < -0.3 is 21.1 Å². The summed E-state index contributed by atoms with van der Waals surface area (Å²) in [6, 6.07) is -1.11. The lowest BCUT2D eigenvalue weighted by molar-refractivity contribution is -0.0716. The second-order valence-corrected chi connectivity index (χ2v) is 3.60. The van der Waals surface area contributed by atoms with E-state index in [9.17, 15) is 23.1 Å². The molecule has 0 bridgehead atoms. The molecule has 108 valence electrons. The van der Waals surface area contributed by atoms with E-state index in [0.717, 1.165) is 0 Å². The Morgan fingerprint density at radius 2 is 1.95 bits per heavy atom. The van der Waals surface area contributed by atoms with Crippen molar-refractivity contribution in [3.05, 3.63) is 29.1 Å². The third-order valence-corrected chi connectivity index (χ3v) is 2.34. The van der Waals surface area contributed by atoms with Gasteiger partial charge >= 0.3 is 5.97 Å². The normalized spacial score (nSPS) is 12.7. The molecule has 19 heavy (non-hydrogen) atoms. The van der Waals surface area contributed by atoms with Crippen molar-refractivity contribution in [1.82, 2.24) is 0 Å². The Morgan fingerprint density at radius 3 is 2.37 bits per heavy atom. The van der Waals surface area contributed by atoms with Gasteiger partial charge in [-0.3, -0.25) is 0 Å². The Bertz CT molecular complexity index is 484. The van der Waals surface area contributed by atoms with Crippen LogP contribution in [-0.4, -0.2) is 33.8 Å². The van der Waals surface area contributed by atoms with Gasteiger partial charge in [-0.15, -0.1) is 12.4 Å². The molecule has 1 aromatic rings. The minimum atomic E-state index is -3.82. The molecule has 9 heteroatoms. The summed E-state index contributed by atoms with van der Waals surface area (Å²) in [5.74, 6) is -7.93. The first-order chi connectivity index (χ1) is 8.20. The molecule has 0 saturated carbocycles. The first-order valence-electron chi connectivity index (χ1n) is 4.70. The van der Waals surface area contributed by atoms with E-state index in [1.54, 1.807) is 0 Å². The minimum Gasteiger partial charge on any atom is -0.505 e. The molecule has 5 nitrogen and oxygen atoms in total. The summed E-state index contributed by atoms with van der Waals surface area (Å²) in [5, 5.41) is 26.4. The summed E-state index contributed by atoms with van der Waals surface area (Å²) >= 11 is 0. The Labute approximate surface area is 111 Å². The van der Waals surface area contributed by atoms with E-state index >= 15 is 0 Å². The number of aromatic hydroxyl groups is 1. The monoisotopic (exact) mass is 301 g/mol. The summed E-state index contributed by atoms with van der Waals surface area (Å²) in [5.41, 5.74) is 3.67. The molecule has 0 unspecified atom stereocenters. The van der Waals surface area contributed by atoms with E-state index in [4.69, 9.17) is 15.9 Å². The zero-order chi connectivity index (χ0) is 14.1. The van der Waals surface area contributed by atoms with Crippen LogP contribution in [0.1, 0.15) is 22.0 Å². The second-order valence-electron chi connectivity index (χ2n) is 3.60. The summed E-state index contributed by atoms with van der Waals surface area (Å²) in [7, 11) is 0. The molecule has 0 saturated heterocycles.